The molecule has 1 saturated carbocycles. The van der Waals surface area contributed by atoms with Gasteiger partial charge in [-0.15, -0.1) is 6.58 Å². The maximum atomic E-state index is 14.7. The summed E-state index contributed by atoms with van der Waals surface area (Å²) >= 11 is 0. The molecule has 1 aromatic rings. The molecule has 1 saturated heterocycles. The van der Waals surface area contributed by atoms with E-state index >= 15 is 0 Å². The van der Waals surface area contributed by atoms with E-state index in [9.17, 15) is 17.6 Å². The Balaban J connectivity index is 1.61. The first-order valence-electron chi connectivity index (χ1n) is 11.2. The van der Waals surface area contributed by atoms with E-state index in [1.54, 1.807) is 6.08 Å². The minimum absolute atomic E-state index is 0.0447. The van der Waals surface area contributed by atoms with E-state index in [2.05, 4.69) is 6.58 Å². The molecule has 0 bridgehead atoms. The molecular weight excluding hydrogens is 412 g/mol. The fourth-order valence-electron chi connectivity index (χ4n) is 4.62. The van der Waals surface area contributed by atoms with Gasteiger partial charge in [-0.3, -0.25) is 0 Å². The Morgan fingerprint density at radius 2 is 1.97 bits per heavy atom. The third-order valence-electron chi connectivity index (χ3n) is 6.32. The smallest absolute Gasteiger partial charge is 0.255 e. The van der Waals surface area contributed by atoms with Crippen molar-refractivity contribution in [3.05, 3.63) is 42.0 Å². The van der Waals surface area contributed by atoms with E-state index in [0.29, 0.717) is 38.9 Å². The largest absolute Gasteiger partial charge is 0.488 e. The van der Waals surface area contributed by atoms with Crippen LogP contribution in [0.5, 0.6) is 5.75 Å². The topological polar surface area (TPSA) is 27.7 Å². The predicted molar refractivity (Wildman–Crippen MR) is 111 cm³/mol. The first-order chi connectivity index (χ1) is 14.9. The van der Waals surface area contributed by atoms with Crippen LogP contribution in [0.1, 0.15) is 63.4 Å². The minimum Gasteiger partial charge on any atom is -0.488 e. The average Bonchev–Trinajstić information content (AvgIpc) is 2.75. The van der Waals surface area contributed by atoms with Gasteiger partial charge in [-0.1, -0.05) is 12.1 Å². The Labute approximate surface area is 181 Å². The molecule has 1 aliphatic heterocycles. The van der Waals surface area contributed by atoms with Gasteiger partial charge in [0.1, 0.15) is 6.61 Å². The number of halogens is 4. The molecule has 1 heterocycles. The van der Waals surface area contributed by atoms with Crippen molar-refractivity contribution in [3.63, 3.8) is 0 Å². The molecule has 4 unspecified atom stereocenters. The first kappa shape index (κ1) is 24.1. The van der Waals surface area contributed by atoms with Crippen molar-refractivity contribution in [1.82, 2.24) is 0 Å². The van der Waals surface area contributed by atoms with Gasteiger partial charge < -0.3 is 14.2 Å². The monoisotopic (exact) mass is 444 g/mol. The van der Waals surface area contributed by atoms with E-state index in [4.69, 9.17) is 14.2 Å². The Bertz CT molecular complexity index is 732. The van der Waals surface area contributed by atoms with Crippen LogP contribution in [0.4, 0.5) is 17.6 Å². The summed E-state index contributed by atoms with van der Waals surface area (Å²) in [5.41, 5.74) is -0.273. The highest BCUT2D eigenvalue weighted by Crippen LogP contribution is 2.49. The normalized spacial score (nSPS) is 28.3. The zero-order valence-corrected chi connectivity index (χ0v) is 18.1. The lowest BCUT2D eigenvalue weighted by Crippen LogP contribution is -2.35. The highest BCUT2D eigenvalue weighted by Gasteiger charge is 2.47. The Kier molecular flexibility index (Phi) is 8.39. The summed E-state index contributed by atoms with van der Waals surface area (Å²) in [5.74, 6) is -7.27. The van der Waals surface area contributed by atoms with Gasteiger partial charge >= 0.3 is 0 Å². The second-order valence-electron chi connectivity index (χ2n) is 8.53. The van der Waals surface area contributed by atoms with Crippen molar-refractivity contribution in [3.8, 4) is 5.75 Å². The van der Waals surface area contributed by atoms with E-state index < -0.39 is 23.5 Å². The third kappa shape index (κ3) is 6.01. The summed E-state index contributed by atoms with van der Waals surface area (Å²) in [4.78, 5) is 0. The average molecular weight is 445 g/mol. The number of hydrogen-bond acceptors (Lipinski definition) is 3. The van der Waals surface area contributed by atoms with Crippen LogP contribution in [-0.2, 0) is 9.47 Å². The SMILES string of the molecule is C=CCCC1CCC(c2ccc(OCC3CCC(OCC)CO3)c(F)c2F)C(F)(F)C1. The minimum atomic E-state index is -3.08. The lowest BCUT2D eigenvalue weighted by Gasteiger charge is -2.36. The van der Waals surface area contributed by atoms with Gasteiger partial charge in [0.25, 0.3) is 5.92 Å². The zero-order chi connectivity index (χ0) is 22.4. The standard InChI is InChI=1S/C24H32F4O3/c1-3-5-6-16-7-11-20(24(27,28)13-16)19-10-12-21(23(26)22(19)25)31-15-18-9-8-17(14-30-18)29-4-2/h3,10,12,16-18,20H,1,4-9,11,13-15H2,2H3. The van der Waals surface area contributed by atoms with Gasteiger partial charge in [0.05, 0.1) is 24.7 Å². The molecule has 0 spiro atoms. The maximum absolute atomic E-state index is 14.7. The summed E-state index contributed by atoms with van der Waals surface area (Å²) in [6.45, 7) is 6.66. The van der Waals surface area contributed by atoms with Gasteiger partial charge in [0.2, 0.25) is 5.82 Å². The van der Waals surface area contributed by atoms with Crippen LogP contribution in [0.15, 0.2) is 24.8 Å². The quantitative estimate of drug-likeness (QED) is 0.325. The zero-order valence-electron chi connectivity index (χ0n) is 18.1. The second-order valence-corrected chi connectivity index (χ2v) is 8.53. The van der Waals surface area contributed by atoms with Crippen LogP contribution in [0, 0.1) is 17.6 Å². The Hall–Kier alpha value is -1.60. The summed E-state index contributed by atoms with van der Waals surface area (Å²) in [6, 6.07) is 2.49. The van der Waals surface area contributed by atoms with Gasteiger partial charge in [0, 0.05) is 18.6 Å². The molecule has 3 rings (SSSR count). The number of hydrogen-bond donors (Lipinski definition) is 0. The fraction of sp³-hybridized carbons (Fsp3) is 0.667. The highest BCUT2D eigenvalue weighted by atomic mass is 19.3. The second kappa shape index (κ2) is 10.8. The molecule has 1 aliphatic carbocycles. The van der Waals surface area contributed by atoms with Crippen LogP contribution in [0.3, 0.4) is 0 Å². The van der Waals surface area contributed by atoms with Crippen LogP contribution >= 0.6 is 0 Å². The van der Waals surface area contributed by atoms with Gasteiger partial charge in [-0.05, 0) is 57.4 Å². The molecular formula is C24H32F4O3. The summed E-state index contributed by atoms with van der Waals surface area (Å²) in [7, 11) is 0. The summed E-state index contributed by atoms with van der Waals surface area (Å²) < 4.78 is 75.4. The van der Waals surface area contributed by atoms with E-state index in [1.807, 2.05) is 6.92 Å². The lowest BCUT2D eigenvalue weighted by atomic mass is 9.74. The predicted octanol–water partition coefficient (Wildman–Crippen LogP) is 6.41. The molecule has 174 valence electrons. The van der Waals surface area contributed by atoms with Crippen molar-refractivity contribution in [2.75, 3.05) is 19.8 Å². The first-order valence-corrected chi connectivity index (χ1v) is 11.2. The Morgan fingerprint density at radius 1 is 1.16 bits per heavy atom. The molecule has 0 radical (unpaired) electrons. The van der Waals surface area contributed by atoms with Gasteiger partial charge in [-0.2, -0.15) is 4.39 Å². The molecule has 2 aliphatic rings. The number of rotatable bonds is 9. The molecule has 3 nitrogen and oxygen atoms in total. The molecule has 31 heavy (non-hydrogen) atoms. The number of alkyl halides is 2. The third-order valence-corrected chi connectivity index (χ3v) is 6.32. The van der Waals surface area contributed by atoms with Crippen molar-refractivity contribution in [1.29, 1.82) is 0 Å². The van der Waals surface area contributed by atoms with Crippen molar-refractivity contribution in [2.45, 2.75) is 75.9 Å². The van der Waals surface area contributed by atoms with Crippen LogP contribution in [0.2, 0.25) is 0 Å². The van der Waals surface area contributed by atoms with Crippen LogP contribution in [-0.4, -0.2) is 38.0 Å². The molecule has 7 heteroatoms. The maximum Gasteiger partial charge on any atom is 0.255 e. The number of ether oxygens (including phenoxy) is 3. The van der Waals surface area contributed by atoms with Crippen LogP contribution in [0.25, 0.3) is 0 Å². The van der Waals surface area contributed by atoms with Crippen molar-refractivity contribution in [2.24, 2.45) is 5.92 Å². The molecule has 0 aromatic heterocycles. The number of allylic oxidation sites excluding steroid dienone is 1. The highest BCUT2D eigenvalue weighted by molar-refractivity contribution is 5.34. The van der Waals surface area contributed by atoms with E-state index in [-0.39, 0.29) is 48.9 Å². The van der Waals surface area contributed by atoms with Crippen molar-refractivity contribution >= 4 is 0 Å². The van der Waals surface area contributed by atoms with Crippen LogP contribution < -0.4 is 4.74 Å². The van der Waals surface area contributed by atoms with Gasteiger partial charge in [0.15, 0.2) is 11.6 Å². The van der Waals surface area contributed by atoms with E-state index in [0.717, 1.165) is 6.42 Å². The summed E-state index contributed by atoms with van der Waals surface area (Å²) in [6.07, 6.45) is 4.72. The van der Waals surface area contributed by atoms with Crippen molar-refractivity contribution < 1.29 is 31.8 Å². The lowest BCUT2D eigenvalue weighted by molar-refractivity contribution is -0.0931. The Morgan fingerprint density at radius 3 is 2.61 bits per heavy atom. The molecule has 2 fully saturated rings. The molecule has 0 amide bonds. The molecule has 4 atom stereocenters. The molecule has 1 aromatic carbocycles. The number of benzene rings is 1. The van der Waals surface area contributed by atoms with E-state index in [1.165, 1.54) is 12.1 Å². The fourth-order valence-corrected chi connectivity index (χ4v) is 4.62. The van der Waals surface area contributed by atoms with Gasteiger partial charge in [-0.25, -0.2) is 13.2 Å². The summed E-state index contributed by atoms with van der Waals surface area (Å²) in [5, 5.41) is 0. The molecule has 0 N–H and O–H groups in total.